The maximum Gasteiger partial charge on any atom is 0.251 e. The van der Waals surface area contributed by atoms with Crippen molar-refractivity contribution in [3.8, 4) is 22.9 Å². The molecule has 1 aliphatic heterocycles. The summed E-state index contributed by atoms with van der Waals surface area (Å²) in [5.74, 6) is 1.12. The van der Waals surface area contributed by atoms with Crippen LogP contribution in [0.4, 0.5) is 5.69 Å². The number of fused-ring (bicyclic) bond motifs is 1. The smallest absolute Gasteiger partial charge is 0.251 e. The number of ether oxygens (including phenoxy) is 2. The minimum absolute atomic E-state index is 0.146. The number of aryl methyl sites for hydroxylation is 1. The van der Waals surface area contributed by atoms with Crippen LogP contribution in [0.3, 0.4) is 0 Å². The predicted octanol–water partition coefficient (Wildman–Crippen LogP) is 3.29. The zero-order valence-electron chi connectivity index (χ0n) is 21.2. The molecule has 2 heterocycles. The normalized spacial score (nSPS) is 15.8. The number of tetrazole rings is 1. The van der Waals surface area contributed by atoms with Gasteiger partial charge in [0.15, 0.2) is 11.5 Å². The van der Waals surface area contributed by atoms with Gasteiger partial charge in [-0.25, -0.2) is 0 Å². The van der Waals surface area contributed by atoms with Crippen molar-refractivity contribution in [3.05, 3.63) is 48.0 Å². The lowest BCUT2D eigenvalue weighted by atomic mass is 10.1. The Labute approximate surface area is 215 Å². The molecule has 1 N–H and O–H groups in total. The van der Waals surface area contributed by atoms with Crippen LogP contribution in [-0.2, 0) is 16.1 Å². The van der Waals surface area contributed by atoms with E-state index in [1.807, 2.05) is 38.1 Å². The second-order valence-electron chi connectivity index (χ2n) is 9.52. The summed E-state index contributed by atoms with van der Waals surface area (Å²) in [6.45, 7) is 4.64. The van der Waals surface area contributed by atoms with E-state index in [1.165, 1.54) is 9.70 Å². The number of amides is 2. The van der Waals surface area contributed by atoms with Crippen LogP contribution in [-0.4, -0.2) is 57.3 Å². The number of carbonyl (C=O) groups excluding carboxylic acids is 2. The minimum Gasteiger partial charge on any atom is -0.486 e. The molecule has 0 unspecified atom stereocenters. The van der Waals surface area contributed by atoms with Gasteiger partial charge in [0.05, 0.1) is 0 Å². The lowest BCUT2D eigenvalue weighted by Crippen LogP contribution is -2.52. The molecule has 0 spiro atoms. The van der Waals surface area contributed by atoms with Gasteiger partial charge in [-0.2, -0.15) is 4.80 Å². The number of carbonyl (C=O) groups is 2. The van der Waals surface area contributed by atoms with E-state index >= 15 is 0 Å². The van der Waals surface area contributed by atoms with E-state index in [-0.39, 0.29) is 24.4 Å². The van der Waals surface area contributed by atoms with Crippen molar-refractivity contribution in [2.75, 3.05) is 18.1 Å². The fraction of sp³-hybridized carbons (Fsp3) is 0.444. The Balaban J connectivity index is 1.42. The summed E-state index contributed by atoms with van der Waals surface area (Å²) < 4.78 is 11.4. The van der Waals surface area contributed by atoms with E-state index < -0.39 is 6.04 Å². The van der Waals surface area contributed by atoms with E-state index in [4.69, 9.17) is 9.47 Å². The number of hydrogen-bond donors (Lipinski definition) is 1. The molecule has 10 nitrogen and oxygen atoms in total. The van der Waals surface area contributed by atoms with Crippen molar-refractivity contribution >= 4 is 17.5 Å². The molecular weight excluding hydrogens is 472 g/mol. The molecular formula is C27H32N6O4. The van der Waals surface area contributed by atoms with Crippen LogP contribution in [0.2, 0.25) is 0 Å². The molecule has 1 saturated carbocycles. The maximum atomic E-state index is 13.8. The maximum absolute atomic E-state index is 13.8. The van der Waals surface area contributed by atoms with Crippen LogP contribution in [0.15, 0.2) is 42.5 Å². The Bertz CT molecular complexity index is 1250. The van der Waals surface area contributed by atoms with Crippen molar-refractivity contribution < 1.29 is 19.1 Å². The van der Waals surface area contributed by atoms with Crippen molar-refractivity contribution in [3.63, 3.8) is 0 Å². The molecule has 10 heteroatoms. The first kappa shape index (κ1) is 24.7. The highest BCUT2D eigenvalue weighted by Crippen LogP contribution is 2.35. The highest BCUT2D eigenvalue weighted by molar-refractivity contribution is 6.01. The fourth-order valence-corrected chi connectivity index (χ4v) is 4.86. The van der Waals surface area contributed by atoms with Crippen molar-refractivity contribution in [2.45, 2.75) is 64.6 Å². The van der Waals surface area contributed by atoms with E-state index in [0.717, 1.165) is 36.8 Å². The van der Waals surface area contributed by atoms with Crippen LogP contribution < -0.4 is 19.7 Å². The summed E-state index contributed by atoms with van der Waals surface area (Å²) in [6.07, 6.45) is 4.58. The highest BCUT2D eigenvalue weighted by Gasteiger charge is 2.33. The van der Waals surface area contributed by atoms with E-state index in [9.17, 15) is 9.59 Å². The third-order valence-corrected chi connectivity index (χ3v) is 6.81. The summed E-state index contributed by atoms with van der Waals surface area (Å²) in [5.41, 5.74) is 2.50. The van der Waals surface area contributed by atoms with Gasteiger partial charge in [0.2, 0.25) is 11.7 Å². The zero-order chi connectivity index (χ0) is 25.8. The molecule has 5 rings (SSSR count). The summed E-state index contributed by atoms with van der Waals surface area (Å²) in [7, 11) is 0. The molecule has 0 radical (unpaired) electrons. The Hall–Kier alpha value is -3.95. The summed E-state index contributed by atoms with van der Waals surface area (Å²) >= 11 is 0. The molecule has 194 valence electrons. The van der Waals surface area contributed by atoms with E-state index in [2.05, 4.69) is 20.7 Å². The molecule has 3 aromatic rings. The summed E-state index contributed by atoms with van der Waals surface area (Å²) in [6, 6.07) is 12.5. The third-order valence-electron chi connectivity index (χ3n) is 6.81. The number of benzene rings is 2. The molecule has 37 heavy (non-hydrogen) atoms. The lowest BCUT2D eigenvalue weighted by Gasteiger charge is -2.32. The van der Waals surface area contributed by atoms with Gasteiger partial charge in [0, 0.05) is 23.4 Å². The molecule has 1 aliphatic carbocycles. The first-order valence-corrected chi connectivity index (χ1v) is 12.9. The Kier molecular flexibility index (Phi) is 7.34. The second kappa shape index (κ2) is 11.0. The number of hydrogen-bond acceptors (Lipinski definition) is 7. The monoisotopic (exact) mass is 504 g/mol. The standard InChI is InChI=1S/C27H32N6O4/c1-3-22(27(35)28-20-6-4-5-7-20)33(21-12-13-23-24(16-21)37-15-14-36-23)25(34)17-32-30-26(29-31-32)19-10-8-18(2)9-11-19/h8-13,16,20,22H,3-7,14-15,17H2,1-2H3,(H,28,35)/t22-/m0/s1. The van der Waals surface area contributed by atoms with Gasteiger partial charge >= 0.3 is 0 Å². The van der Waals surface area contributed by atoms with E-state index in [0.29, 0.717) is 42.6 Å². The van der Waals surface area contributed by atoms with Crippen LogP contribution >= 0.6 is 0 Å². The quantitative estimate of drug-likeness (QED) is 0.501. The van der Waals surface area contributed by atoms with Gasteiger partial charge in [-0.15, -0.1) is 10.2 Å². The SMILES string of the molecule is CC[C@@H](C(=O)NC1CCCC1)N(C(=O)Cn1nnc(-c2ccc(C)cc2)n1)c1ccc2c(c1)OCCO2. The van der Waals surface area contributed by atoms with Gasteiger partial charge in [-0.05, 0) is 43.5 Å². The Morgan fingerprint density at radius 2 is 1.81 bits per heavy atom. The molecule has 2 amide bonds. The first-order chi connectivity index (χ1) is 18.0. The van der Waals surface area contributed by atoms with Gasteiger partial charge in [-0.3, -0.25) is 14.5 Å². The second-order valence-corrected chi connectivity index (χ2v) is 9.52. The molecule has 1 aromatic heterocycles. The van der Waals surface area contributed by atoms with Crippen molar-refractivity contribution in [1.29, 1.82) is 0 Å². The van der Waals surface area contributed by atoms with Crippen molar-refractivity contribution in [1.82, 2.24) is 25.5 Å². The van der Waals surface area contributed by atoms with Gasteiger partial charge in [-0.1, -0.05) is 49.6 Å². The highest BCUT2D eigenvalue weighted by atomic mass is 16.6. The number of aromatic nitrogens is 4. The molecule has 2 aliphatic rings. The first-order valence-electron chi connectivity index (χ1n) is 12.9. The van der Waals surface area contributed by atoms with Crippen LogP contribution in [0, 0.1) is 6.92 Å². The fourth-order valence-electron chi connectivity index (χ4n) is 4.86. The van der Waals surface area contributed by atoms with Gasteiger partial charge < -0.3 is 14.8 Å². The molecule has 0 bridgehead atoms. The van der Waals surface area contributed by atoms with Crippen LogP contribution in [0.5, 0.6) is 11.5 Å². The lowest BCUT2D eigenvalue weighted by molar-refractivity contribution is -0.127. The molecule has 1 atom stereocenters. The van der Waals surface area contributed by atoms with Gasteiger partial charge in [0.25, 0.3) is 5.91 Å². The van der Waals surface area contributed by atoms with Crippen molar-refractivity contribution in [2.24, 2.45) is 0 Å². The third kappa shape index (κ3) is 5.58. The average molecular weight is 505 g/mol. The molecule has 1 fully saturated rings. The minimum atomic E-state index is -0.698. The Morgan fingerprint density at radius 1 is 1.08 bits per heavy atom. The average Bonchev–Trinajstić information content (AvgIpc) is 3.59. The topological polar surface area (TPSA) is 111 Å². The number of nitrogens with zero attached hydrogens (tertiary/aromatic N) is 5. The van der Waals surface area contributed by atoms with Crippen LogP contribution in [0.25, 0.3) is 11.4 Å². The van der Waals surface area contributed by atoms with Gasteiger partial charge in [0.1, 0.15) is 25.8 Å². The molecule has 2 aromatic carbocycles. The Morgan fingerprint density at radius 3 is 2.54 bits per heavy atom. The van der Waals surface area contributed by atoms with E-state index in [1.54, 1.807) is 18.2 Å². The summed E-state index contributed by atoms with van der Waals surface area (Å²) in [4.78, 5) is 29.9. The molecule has 0 saturated heterocycles. The number of anilines is 1. The number of nitrogens with one attached hydrogen (secondary N) is 1. The number of rotatable bonds is 8. The van der Waals surface area contributed by atoms with Crippen LogP contribution in [0.1, 0.15) is 44.6 Å². The zero-order valence-corrected chi connectivity index (χ0v) is 21.2. The summed E-state index contributed by atoms with van der Waals surface area (Å²) in [5, 5.41) is 15.8. The largest absolute Gasteiger partial charge is 0.486 e. The predicted molar refractivity (Wildman–Crippen MR) is 137 cm³/mol.